The topological polar surface area (TPSA) is 0 Å². The molecule has 2 aliphatic rings. The van der Waals surface area contributed by atoms with Gasteiger partial charge in [-0.2, -0.15) is 0 Å². The summed E-state index contributed by atoms with van der Waals surface area (Å²) in [6.07, 6.45) is 6.99. The quantitative estimate of drug-likeness (QED) is 0.550. The number of benzene rings is 1. The minimum atomic E-state index is 1.16. The standard InChI is InChI=1S/C12H12/c1-7-9-4-3-5-10(9)8(2)12-6-11(7)12/h3-4H,5-6H2,1-2H3. The highest BCUT2D eigenvalue weighted by Gasteiger charge is 2.27. The molecule has 1 aromatic rings. The van der Waals surface area contributed by atoms with Crippen molar-refractivity contribution in [3.63, 3.8) is 0 Å². The number of fused-ring (bicyclic) bond motifs is 2. The largest absolute Gasteiger partial charge is 0.0795 e. The lowest BCUT2D eigenvalue weighted by molar-refractivity contribution is 1.23. The summed E-state index contributed by atoms with van der Waals surface area (Å²) >= 11 is 0. The lowest BCUT2D eigenvalue weighted by Crippen LogP contribution is -1.89. The summed E-state index contributed by atoms with van der Waals surface area (Å²) < 4.78 is 0. The van der Waals surface area contributed by atoms with E-state index in [0.717, 1.165) is 6.42 Å². The third kappa shape index (κ3) is 0.592. The summed E-state index contributed by atoms with van der Waals surface area (Å²) in [4.78, 5) is 0. The smallest absolute Gasteiger partial charge is 0.00143 e. The van der Waals surface area contributed by atoms with Crippen LogP contribution in [0.15, 0.2) is 6.08 Å². The Morgan fingerprint density at radius 3 is 2.58 bits per heavy atom. The van der Waals surface area contributed by atoms with Crippen molar-refractivity contribution >= 4 is 6.08 Å². The molecule has 3 rings (SSSR count). The Bertz CT molecular complexity index is 409. The van der Waals surface area contributed by atoms with Gasteiger partial charge in [0.1, 0.15) is 0 Å². The van der Waals surface area contributed by atoms with Crippen LogP contribution in [-0.2, 0) is 12.8 Å². The van der Waals surface area contributed by atoms with E-state index < -0.39 is 0 Å². The van der Waals surface area contributed by atoms with E-state index in [0.29, 0.717) is 0 Å². The molecule has 0 fully saturated rings. The third-order valence-electron chi connectivity index (χ3n) is 3.29. The average molecular weight is 156 g/mol. The Hall–Kier alpha value is -1.04. The summed E-state index contributed by atoms with van der Waals surface area (Å²) in [6, 6.07) is 0. The second kappa shape index (κ2) is 1.82. The van der Waals surface area contributed by atoms with Gasteiger partial charge in [0.2, 0.25) is 0 Å². The van der Waals surface area contributed by atoms with Gasteiger partial charge in [0.25, 0.3) is 0 Å². The highest BCUT2D eigenvalue weighted by molar-refractivity contribution is 5.72. The molecule has 0 bridgehead atoms. The van der Waals surface area contributed by atoms with E-state index in [1.807, 2.05) is 0 Å². The Kier molecular flexibility index (Phi) is 0.982. The predicted octanol–water partition coefficient (Wildman–Crippen LogP) is 2.78. The van der Waals surface area contributed by atoms with Crippen LogP contribution in [0.1, 0.15) is 33.4 Å². The first kappa shape index (κ1) is 6.47. The molecule has 0 aliphatic heterocycles. The van der Waals surface area contributed by atoms with Crippen molar-refractivity contribution in [1.82, 2.24) is 0 Å². The van der Waals surface area contributed by atoms with Crippen molar-refractivity contribution in [3.05, 3.63) is 39.5 Å². The van der Waals surface area contributed by atoms with Crippen LogP contribution in [0.2, 0.25) is 0 Å². The van der Waals surface area contributed by atoms with Gasteiger partial charge in [-0.1, -0.05) is 12.2 Å². The Morgan fingerprint density at radius 2 is 1.75 bits per heavy atom. The van der Waals surface area contributed by atoms with Crippen molar-refractivity contribution < 1.29 is 0 Å². The van der Waals surface area contributed by atoms with Crippen LogP contribution in [0.5, 0.6) is 0 Å². The van der Waals surface area contributed by atoms with Gasteiger partial charge in [0, 0.05) is 0 Å². The molecule has 0 nitrogen and oxygen atoms in total. The van der Waals surface area contributed by atoms with Crippen molar-refractivity contribution in [2.75, 3.05) is 0 Å². The summed E-state index contributed by atoms with van der Waals surface area (Å²) in [5.41, 5.74) is 9.47. The van der Waals surface area contributed by atoms with Crippen LogP contribution in [-0.4, -0.2) is 0 Å². The zero-order valence-electron chi connectivity index (χ0n) is 7.57. The molecule has 0 amide bonds. The summed E-state index contributed by atoms with van der Waals surface area (Å²) in [5.74, 6) is 0. The van der Waals surface area contributed by atoms with Crippen molar-refractivity contribution in [1.29, 1.82) is 0 Å². The number of allylic oxidation sites excluding steroid dienone is 1. The van der Waals surface area contributed by atoms with Crippen LogP contribution >= 0.6 is 0 Å². The molecule has 12 heavy (non-hydrogen) atoms. The zero-order chi connectivity index (χ0) is 8.29. The van der Waals surface area contributed by atoms with E-state index in [1.54, 1.807) is 27.8 Å². The number of hydrogen-bond donors (Lipinski definition) is 0. The fourth-order valence-electron chi connectivity index (χ4n) is 2.41. The maximum Gasteiger partial charge on any atom is -0.00143 e. The van der Waals surface area contributed by atoms with Gasteiger partial charge in [-0.15, -0.1) is 0 Å². The molecule has 0 N–H and O–H groups in total. The maximum atomic E-state index is 2.29. The first-order valence-electron chi connectivity index (χ1n) is 4.59. The Labute approximate surface area is 72.9 Å². The molecule has 0 heterocycles. The first-order chi connectivity index (χ1) is 5.79. The van der Waals surface area contributed by atoms with E-state index in [2.05, 4.69) is 26.0 Å². The molecule has 0 radical (unpaired) electrons. The normalized spacial score (nSPS) is 16.2. The monoisotopic (exact) mass is 156 g/mol. The Morgan fingerprint density at radius 1 is 1.00 bits per heavy atom. The van der Waals surface area contributed by atoms with Gasteiger partial charge in [-0.05, 0) is 60.1 Å². The lowest BCUT2D eigenvalue weighted by Gasteiger charge is -2.05. The van der Waals surface area contributed by atoms with Gasteiger partial charge in [-0.3, -0.25) is 0 Å². The zero-order valence-corrected chi connectivity index (χ0v) is 7.57. The van der Waals surface area contributed by atoms with Gasteiger partial charge in [0.15, 0.2) is 0 Å². The van der Waals surface area contributed by atoms with E-state index in [9.17, 15) is 0 Å². The highest BCUT2D eigenvalue weighted by Crippen LogP contribution is 2.41. The fourth-order valence-corrected chi connectivity index (χ4v) is 2.41. The van der Waals surface area contributed by atoms with E-state index >= 15 is 0 Å². The molecule has 2 aliphatic carbocycles. The molecule has 0 saturated heterocycles. The predicted molar refractivity (Wildman–Crippen MR) is 51.5 cm³/mol. The molecule has 0 heteroatoms. The van der Waals surface area contributed by atoms with Gasteiger partial charge in [0.05, 0.1) is 0 Å². The fraction of sp³-hybridized carbons (Fsp3) is 0.333. The third-order valence-corrected chi connectivity index (χ3v) is 3.29. The molecule has 0 aromatic heterocycles. The van der Waals surface area contributed by atoms with Crippen LogP contribution < -0.4 is 0 Å². The molecule has 0 unspecified atom stereocenters. The van der Waals surface area contributed by atoms with Crippen LogP contribution in [0.3, 0.4) is 0 Å². The van der Waals surface area contributed by atoms with Gasteiger partial charge in [-0.25, -0.2) is 0 Å². The Balaban J connectivity index is 2.42. The molecule has 0 atom stereocenters. The highest BCUT2D eigenvalue weighted by atomic mass is 14.3. The molecule has 0 saturated carbocycles. The summed E-state index contributed by atoms with van der Waals surface area (Å²) in [7, 11) is 0. The van der Waals surface area contributed by atoms with E-state index in [1.165, 1.54) is 12.0 Å². The molecule has 60 valence electrons. The van der Waals surface area contributed by atoms with Crippen LogP contribution in [0.25, 0.3) is 6.08 Å². The summed E-state index contributed by atoms with van der Waals surface area (Å²) in [5, 5.41) is 0. The minimum absolute atomic E-state index is 1.16. The lowest BCUT2D eigenvalue weighted by atomic mass is 10.00. The number of hydrogen-bond acceptors (Lipinski definition) is 0. The number of rotatable bonds is 0. The van der Waals surface area contributed by atoms with Gasteiger partial charge < -0.3 is 0 Å². The second-order valence-corrected chi connectivity index (χ2v) is 3.88. The van der Waals surface area contributed by atoms with Crippen LogP contribution in [0.4, 0.5) is 0 Å². The van der Waals surface area contributed by atoms with Crippen molar-refractivity contribution in [3.8, 4) is 0 Å². The first-order valence-corrected chi connectivity index (χ1v) is 4.59. The van der Waals surface area contributed by atoms with Crippen LogP contribution in [0, 0.1) is 13.8 Å². The maximum absolute atomic E-state index is 2.29. The van der Waals surface area contributed by atoms with Crippen molar-refractivity contribution in [2.24, 2.45) is 0 Å². The van der Waals surface area contributed by atoms with E-state index in [-0.39, 0.29) is 0 Å². The van der Waals surface area contributed by atoms with Gasteiger partial charge >= 0.3 is 0 Å². The van der Waals surface area contributed by atoms with E-state index in [4.69, 9.17) is 0 Å². The average Bonchev–Trinajstić information content (AvgIpc) is 2.71. The van der Waals surface area contributed by atoms with Crippen molar-refractivity contribution in [2.45, 2.75) is 26.7 Å². The SMILES string of the molecule is Cc1c2c(c(C)c3c1C3)CC=C2. The molecule has 1 aromatic carbocycles. The molecule has 0 spiro atoms. The molecular weight excluding hydrogens is 144 g/mol. The summed E-state index contributed by atoms with van der Waals surface area (Å²) in [6.45, 7) is 4.54. The second-order valence-electron chi connectivity index (χ2n) is 3.88. The minimum Gasteiger partial charge on any atom is -0.0795 e. The molecular formula is C12H12.